The van der Waals surface area contributed by atoms with E-state index in [1.54, 1.807) is 32.2 Å². The molecule has 0 unspecified atom stereocenters. The predicted octanol–water partition coefficient (Wildman–Crippen LogP) is 1.15. The Morgan fingerprint density at radius 1 is 1.16 bits per heavy atom. The summed E-state index contributed by atoms with van der Waals surface area (Å²) in [6.45, 7) is 3.13. The molecule has 0 aliphatic rings. The van der Waals surface area contributed by atoms with Crippen LogP contribution in [-0.2, 0) is 10.0 Å². The summed E-state index contributed by atoms with van der Waals surface area (Å²) in [6.07, 6.45) is 0.802. The largest absolute Gasteiger partial charge is 0.399 e. The number of rotatable bonds is 6. The minimum atomic E-state index is -3.43. The molecular weight excluding hydrogens is 262 g/mol. The zero-order chi connectivity index (χ0) is 14.6. The first-order valence-corrected chi connectivity index (χ1v) is 7.66. The summed E-state index contributed by atoms with van der Waals surface area (Å²) in [4.78, 5) is 2.36. The van der Waals surface area contributed by atoms with Crippen molar-refractivity contribution in [3.63, 3.8) is 0 Å². The highest BCUT2D eigenvalue weighted by Gasteiger charge is 2.22. The molecule has 1 aromatic carbocycles. The molecule has 0 aromatic heterocycles. The number of sulfonamides is 1. The lowest BCUT2D eigenvalue weighted by Crippen LogP contribution is -2.30. The van der Waals surface area contributed by atoms with Gasteiger partial charge >= 0.3 is 0 Å². The Hall–Kier alpha value is -1.11. The standard InChI is InChI=1S/C13H23N3O2S/c1-11-10-12(14)6-7-13(11)19(17,18)16(4)9-5-8-15(2)3/h6-7,10H,5,8-9,14H2,1-4H3. The number of nitrogens with two attached hydrogens (primary N) is 1. The Balaban J connectivity index is 2.85. The van der Waals surface area contributed by atoms with Crippen LogP contribution in [0.4, 0.5) is 5.69 Å². The van der Waals surface area contributed by atoms with Crippen molar-refractivity contribution in [1.29, 1.82) is 0 Å². The molecule has 2 N–H and O–H groups in total. The average molecular weight is 285 g/mol. The molecule has 0 aliphatic heterocycles. The van der Waals surface area contributed by atoms with Gasteiger partial charge in [-0.15, -0.1) is 0 Å². The lowest BCUT2D eigenvalue weighted by molar-refractivity contribution is 0.370. The molecule has 0 amide bonds. The van der Waals surface area contributed by atoms with E-state index in [1.807, 2.05) is 19.0 Å². The van der Waals surface area contributed by atoms with Gasteiger partial charge in [-0.25, -0.2) is 12.7 Å². The van der Waals surface area contributed by atoms with Crippen LogP contribution in [0.3, 0.4) is 0 Å². The van der Waals surface area contributed by atoms with Crippen molar-refractivity contribution >= 4 is 15.7 Å². The Labute approximate surface area is 116 Å². The minimum absolute atomic E-state index is 0.328. The number of hydrogen-bond donors (Lipinski definition) is 1. The first-order valence-electron chi connectivity index (χ1n) is 6.22. The Morgan fingerprint density at radius 2 is 1.79 bits per heavy atom. The average Bonchev–Trinajstić information content (AvgIpc) is 2.27. The third-order valence-corrected chi connectivity index (χ3v) is 4.98. The van der Waals surface area contributed by atoms with Crippen LogP contribution in [0.5, 0.6) is 0 Å². The van der Waals surface area contributed by atoms with Gasteiger partial charge in [-0.2, -0.15) is 0 Å². The molecule has 0 saturated carbocycles. The van der Waals surface area contributed by atoms with Gasteiger partial charge in [-0.05, 0) is 57.7 Å². The lowest BCUT2D eigenvalue weighted by atomic mass is 10.2. The maximum absolute atomic E-state index is 12.4. The number of benzene rings is 1. The van der Waals surface area contributed by atoms with Crippen molar-refractivity contribution < 1.29 is 8.42 Å². The number of aryl methyl sites for hydroxylation is 1. The first kappa shape index (κ1) is 15.9. The highest BCUT2D eigenvalue weighted by Crippen LogP contribution is 2.21. The molecule has 19 heavy (non-hydrogen) atoms. The smallest absolute Gasteiger partial charge is 0.243 e. The maximum Gasteiger partial charge on any atom is 0.243 e. The Morgan fingerprint density at radius 3 is 2.32 bits per heavy atom. The molecule has 1 aromatic rings. The SMILES string of the molecule is Cc1cc(N)ccc1S(=O)(=O)N(C)CCCN(C)C. The normalized spacial score (nSPS) is 12.3. The number of hydrogen-bond acceptors (Lipinski definition) is 4. The van der Waals surface area contributed by atoms with E-state index in [0.717, 1.165) is 13.0 Å². The molecule has 0 bridgehead atoms. The molecule has 0 saturated heterocycles. The van der Waals surface area contributed by atoms with E-state index in [1.165, 1.54) is 4.31 Å². The van der Waals surface area contributed by atoms with Crippen molar-refractivity contribution in [2.75, 3.05) is 40.0 Å². The molecule has 108 valence electrons. The van der Waals surface area contributed by atoms with Gasteiger partial charge < -0.3 is 10.6 Å². The van der Waals surface area contributed by atoms with E-state index in [9.17, 15) is 8.42 Å². The van der Waals surface area contributed by atoms with Crippen LogP contribution in [-0.4, -0.2) is 51.9 Å². The van der Waals surface area contributed by atoms with Crippen molar-refractivity contribution in [3.05, 3.63) is 23.8 Å². The molecule has 6 heteroatoms. The van der Waals surface area contributed by atoms with Gasteiger partial charge in [-0.1, -0.05) is 0 Å². The van der Waals surface area contributed by atoms with E-state index >= 15 is 0 Å². The van der Waals surface area contributed by atoms with Crippen molar-refractivity contribution in [2.24, 2.45) is 0 Å². The van der Waals surface area contributed by atoms with E-state index in [-0.39, 0.29) is 0 Å². The van der Waals surface area contributed by atoms with Gasteiger partial charge in [0.05, 0.1) is 4.90 Å². The van der Waals surface area contributed by atoms with Gasteiger partial charge in [-0.3, -0.25) is 0 Å². The zero-order valence-corrected chi connectivity index (χ0v) is 12.9. The summed E-state index contributed by atoms with van der Waals surface area (Å²) in [5.41, 5.74) is 6.90. The second-order valence-electron chi connectivity index (χ2n) is 5.01. The molecule has 0 spiro atoms. The third kappa shape index (κ3) is 4.19. The summed E-state index contributed by atoms with van der Waals surface area (Å²) < 4.78 is 26.2. The van der Waals surface area contributed by atoms with Crippen LogP contribution in [0.2, 0.25) is 0 Å². The van der Waals surface area contributed by atoms with Crippen LogP contribution in [0.25, 0.3) is 0 Å². The second kappa shape index (κ2) is 6.36. The maximum atomic E-state index is 12.4. The number of anilines is 1. The Bertz CT molecular complexity index is 527. The highest BCUT2D eigenvalue weighted by atomic mass is 32.2. The van der Waals surface area contributed by atoms with Crippen LogP contribution in [0, 0.1) is 6.92 Å². The molecule has 0 atom stereocenters. The number of nitrogens with zero attached hydrogens (tertiary/aromatic N) is 2. The van der Waals surface area contributed by atoms with E-state index in [4.69, 9.17) is 5.73 Å². The van der Waals surface area contributed by atoms with E-state index in [0.29, 0.717) is 22.7 Å². The van der Waals surface area contributed by atoms with Crippen molar-refractivity contribution in [2.45, 2.75) is 18.2 Å². The zero-order valence-electron chi connectivity index (χ0n) is 12.0. The van der Waals surface area contributed by atoms with Gasteiger partial charge in [0.25, 0.3) is 0 Å². The third-order valence-electron chi connectivity index (χ3n) is 2.97. The summed E-state index contributed by atoms with van der Waals surface area (Å²) in [7, 11) is 2.13. The molecule has 5 nitrogen and oxygen atoms in total. The summed E-state index contributed by atoms with van der Waals surface area (Å²) in [5, 5.41) is 0. The van der Waals surface area contributed by atoms with Crippen molar-refractivity contribution in [3.8, 4) is 0 Å². The topological polar surface area (TPSA) is 66.6 Å². The summed E-state index contributed by atoms with van der Waals surface area (Å²) >= 11 is 0. The van der Waals surface area contributed by atoms with E-state index < -0.39 is 10.0 Å². The highest BCUT2D eigenvalue weighted by molar-refractivity contribution is 7.89. The fourth-order valence-corrected chi connectivity index (χ4v) is 3.27. The quantitative estimate of drug-likeness (QED) is 0.796. The van der Waals surface area contributed by atoms with Gasteiger partial charge in [0.1, 0.15) is 0 Å². The van der Waals surface area contributed by atoms with Gasteiger partial charge in [0.2, 0.25) is 10.0 Å². The molecule has 0 radical (unpaired) electrons. The predicted molar refractivity (Wildman–Crippen MR) is 78.6 cm³/mol. The van der Waals surface area contributed by atoms with Gasteiger partial charge in [0, 0.05) is 19.3 Å². The molecule has 0 fully saturated rings. The monoisotopic (exact) mass is 285 g/mol. The second-order valence-corrected chi connectivity index (χ2v) is 7.02. The van der Waals surface area contributed by atoms with Crippen LogP contribution in [0.15, 0.2) is 23.1 Å². The summed E-state index contributed by atoms with van der Waals surface area (Å²) in [6, 6.07) is 4.87. The minimum Gasteiger partial charge on any atom is -0.399 e. The molecule has 1 rings (SSSR count). The molecule has 0 aliphatic carbocycles. The first-order chi connectivity index (χ1) is 8.75. The van der Waals surface area contributed by atoms with Crippen molar-refractivity contribution in [1.82, 2.24) is 9.21 Å². The van der Waals surface area contributed by atoms with Crippen LogP contribution in [0.1, 0.15) is 12.0 Å². The van der Waals surface area contributed by atoms with Crippen LogP contribution < -0.4 is 5.73 Å². The fraction of sp³-hybridized carbons (Fsp3) is 0.538. The number of nitrogen functional groups attached to an aromatic ring is 1. The Kier molecular flexibility index (Phi) is 5.34. The lowest BCUT2D eigenvalue weighted by Gasteiger charge is -2.19. The van der Waals surface area contributed by atoms with Crippen LogP contribution >= 0.6 is 0 Å². The summed E-state index contributed by atoms with van der Waals surface area (Å²) in [5.74, 6) is 0. The van der Waals surface area contributed by atoms with Gasteiger partial charge in [0.15, 0.2) is 0 Å². The molecular formula is C13H23N3O2S. The molecule has 0 heterocycles. The fourth-order valence-electron chi connectivity index (χ4n) is 1.86. The van der Waals surface area contributed by atoms with E-state index in [2.05, 4.69) is 0 Å².